The van der Waals surface area contributed by atoms with Gasteiger partial charge in [-0.15, -0.1) is 0 Å². The molecule has 1 aliphatic rings. The molecule has 0 saturated heterocycles. The molecule has 1 aliphatic carbocycles. The van der Waals surface area contributed by atoms with E-state index in [1.54, 1.807) is 0 Å². The SMILES string of the molecule is CCCCOCCC(C)(CN)C1CC1. The molecule has 0 heterocycles. The van der Waals surface area contributed by atoms with Crippen molar-refractivity contribution in [1.29, 1.82) is 0 Å². The molecule has 0 aromatic rings. The van der Waals surface area contributed by atoms with Crippen LogP contribution < -0.4 is 5.73 Å². The first-order valence-electron chi connectivity index (χ1n) is 6.00. The molecule has 1 saturated carbocycles. The van der Waals surface area contributed by atoms with E-state index in [9.17, 15) is 0 Å². The van der Waals surface area contributed by atoms with Crippen LogP contribution >= 0.6 is 0 Å². The minimum absolute atomic E-state index is 0.353. The van der Waals surface area contributed by atoms with Gasteiger partial charge in [0.2, 0.25) is 0 Å². The third kappa shape index (κ3) is 3.58. The highest BCUT2D eigenvalue weighted by molar-refractivity contribution is 4.91. The Labute approximate surface area is 88.2 Å². The zero-order valence-electron chi connectivity index (χ0n) is 9.72. The van der Waals surface area contributed by atoms with Gasteiger partial charge in [0, 0.05) is 13.2 Å². The second-order valence-electron chi connectivity index (χ2n) is 4.85. The molecule has 84 valence electrons. The van der Waals surface area contributed by atoms with Gasteiger partial charge >= 0.3 is 0 Å². The summed E-state index contributed by atoms with van der Waals surface area (Å²) < 4.78 is 5.59. The molecule has 0 aromatic carbocycles. The summed E-state index contributed by atoms with van der Waals surface area (Å²) in [5, 5.41) is 0. The largest absolute Gasteiger partial charge is 0.381 e. The maximum atomic E-state index is 5.83. The predicted octanol–water partition coefficient (Wildman–Crippen LogP) is 2.57. The number of hydrogen-bond acceptors (Lipinski definition) is 2. The normalized spacial score (nSPS) is 20.8. The zero-order chi connectivity index (χ0) is 10.4. The standard InChI is InChI=1S/C12H25NO/c1-3-4-8-14-9-7-12(2,10-13)11-5-6-11/h11H,3-10,13H2,1-2H3. The van der Waals surface area contributed by atoms with E-state index in [1.165, 1.54) is 25.7 Å². The summed E-state index contributed by atoms with van der Waals surface area (Å²) in [4.78, 5) is 0. The Hall–Kier alpha value is -0.0800. The molecule has 0 bridgehead atoms. The molecule has 0 aliphatic heterocycles. The number of unbranched alkanes of at least 4 members (excludes halogenated alkanes) is 1. The van der Waals surface area contributed by atoms with Crippen LogP contribution in [0.15, 0.2) is 0 Å². The van der Waals surface area contributed by atoms with Gasteiger partial charge in [0.05, 0.1) is 0 Å². The average Bonchev–Trinajstić information content (AvgIpc) is 3.01. The fourth-order valence-corrected chi connectivity index (χ4v) is 1.91. The van der Waals surface area contributed by atoms with Crippen molar-refractivity contribution in [2.24, 2.45) is 17.1 Å². The number of rotatable bonds is 8. The maximum absolute atomic E-state index is 5.83. The summed E-state index contributed by atoms with van der Waals surface area (Å²) in [5.74, 6) is 0.877. The minimum atomic E-state index is 0.353. The Kier molecular flexibility index (Phi) is 4.90. The summed E-state index contributed by atoms with van der Waals surface area (Å²) in [5.41, 5.74) is 6.19. The van der Waals surface area contributed by atoms with E-state index in [0.717, 1.165) is 32.1 Å². The molecular weight excluding hydrogens is 174 g/mol. The molecule has 2 heteroatoms. The first kappa shape index (κ1) is 12.0. The lowest BCUT2D eigenvalue weighted by atomic mass is 9.82. The van der Waals surface area contributed by atoms with Crippen LogP contribution in [0.4, 0.5) is 0 Å². The Balaban J connectivity index is 2.08. The molecule has 1 rings (SSSR count). The van der Waals surface area contributed by atoms with Gasteiger partial charge in [0.25, 0.3) is 0 Å². The van der Waals surface area contributed by atoms with Gasteiger partial charge in [-0.25, -0.2) is 0 Å². The smallest absolute Gasteiger partial charge is 0.0471 e. The Morgan fingerprint density at radius 1 is 1.36 bits per heavy atom. The first-order valence-corrected chi connectivity index (χ1v) is 6.00. The van der Waals surface area contributed by atoms with E-state index in [-0.39, 0.29) is 0 Å². The molecule has 1 fully saturated rings. The Bertz CT molecular complexity index is 156. The van der Waals surface area contributed by atoms with Gasteiger partial charge in [-0.05, 0) is 43.6 Å². The maximum Gasteiger partial charge on any atom is 0.0471 e. The van der Waals surface area contributed by atoms with Crippen molar-refractivity contribution in [3.05, 3.63) is 0 Å². The highest BCUT2D eigenvalue weighted by Gasteiger charge is 2.39. The van der Waals surface area contributed by atoms with Crippen molar-refractivity contribution in [2.45, 2.75) is 46.0 Å². The van der Waals surface area contributed by atoms with Crippen LogP contribution in [0.3, 0.4) is 0 Å². The van der Waals surface area contributed by atoms with E-state index in [4.69, 9.17) is 10.5 Å². The quantitative estimate of drug-likeness (QED) is 0.610. The molecule has 0 amide bonds. The van der Waals surface area contributed by atoms with E-state index < -0.39 is 0 Å². The van der Waals surface area contributed by atoms with Crippen molar-refractivity contribution in [3.8, 4) is 0 Å². The van der Waals surface area contributed by atoms with Crippen molar-refractivity contribution in [3.63, 3.8) is 0 Å². The van der Waals surface area contributed by atoms with Crippen LogP contribution in [-0.4, -0.2) is 19.8 Å². The Morgan fingerprint density at radius 2 is 2.07 bits per heavy atom. The fraction of sp³-hybridized carbons (Fsp3) is 1.00. The topological polar surface area (TPSA) is 35.2 Å². The minimum Gasteiger partial charge on any atom is -0.381 e. The lowest BCUT2D eigenvalue weighted by molar-refractivity contribution is 0.0914. The third-order valence-corrected chi connectivity index (χ3v) is 3.49. The molecule has 0 spiro atoms. The lowest BCUT2D eigenvalue weighted by Crippen LogP contribution is -2.30. The van der Waals surface area contributed by atoms with Crippen LogP contribution in [0.2, 0.25) is 0 Å². The molecule has 2 N–H and O–H groups in total. The zero-order valence-corrected chi connectivity index (χ0v) is 9.72. The van der Waals surface area contributed by atoms with E-state index in [1.807, 2.05) is 0 Å². The van der Waals surface area contributed by atoms with Crippen LogP contribution in [0.5, 0.6) is 0 Å². The lowest BCUT2D eigenvalue weighted by Gasteiger charge is -2.27. The Morgan fingerprint density at radius 3 is 2.57 bits per heavy atom. The van der Waals surface area contributed by atoms with Gasteiger partial charge < -0.3 is 10.5 Å². The molecular formula is C12H25NO. The van der Waals surface area contributed by atoms with E-state index >= 15 is 0 Å². The second-order valence-corrected chi connectivity index (χ2v) is 4.85. The van der Waals surface area contributed by atoms with Crippen LogP contribution in [-0.2, 0) is 4.74 Å². The molecule has 0 radical (unpaired) electrons. The summed E-state index contributed by atoms with van der Waals surface area (Å²) in [6, 6.07) is 0. The second kappa shape index (κ2) is 5.72. The molecule has 1 atom stereocenters. The average molecular weight is 199 g/mol. The van der Waals surface area contributed by atoms with Gasteiger partial charge in [-0.2, -0.15) is 0 Å². The van der Waals surface area contributed by atoms with Crippen molar-refractivity contribution < 1.29 is 4.74 Å². The van der Waals surface area contributed by atoms with Gasteiger partial charge in [-0.1, -0.05) is 20.3 Å². The predicted molar refractivity (Wildman–Crippen MR) is 60.2 cm³/mol. The third-order valence-electron chi connectivity index (χ3n) is 3.49. The van der Waals surface area contributed by atoms with Crippen molar-refractivity contribution >= 4 is 0 Å². The summed E-state index contributed by atoms with van der Waals surface area (Å²) in [6.07, 6.45) is 6.29. The van der Waals surface area contributed by atoms with E-state index in [2.05, 4.69) is 13.8 Å². The summed E-state index contributed by atoms with van der Waals surface area (Å²) in [7, 11) is 0. The molecule has 2 nitrogen and oxygen atoms in total. The van der Waals surface area contributed by atoms with Crippen LogP contribution in [0.1, 0.15) is 46.0 Å². The molecule has 0 aromatic heterocycles. The van der Waals surface area contributed by atoms with E-state index in [0.29, 0.717) is 5.41 Å². The number of ether oxygens (including phenoxy) is 1. The van der Waals surface area contributed by atoms with Gasteiger partial charge in [0.15, 0.2) is 0 Å². The van der Waals surface area contributed by atoms with Crippen molar-refractivity contribution in [1.82, 2.24) is 0 Å². The highest BCUT2D eigenvalue weighted by Crippen LogP contribution is 2.46. The van der Waals surface area contributed by atoms with Crippen LogP contribution in [0.25, 0.3) is 0 Å². The summed E-state index contributed by atoms with van der Waals surface area (Å²) >= 11 is 0. The number of hydrogen-bond donors (Lipinski definition) is 1. The molecule has 14 heavy (non-hydrogen) atoms. The monoisotopic (exact) mass is 199 g/mol. The summed E-state index contributed by atoms with van der Waals surface area (Å²) in [6.45, 7) is 7.13. The van der Waals surface area contributed by atoms with Gasteiger partial charge in [-0.3, -0.25) is 0 Å². The van der Waals surface area contributed by atoms with Crippen LogP contribution in [0, 0.1) is 11.3 Å². The first-order chi connectivity index (χ1) is 6.73. The molecule has 1 unspecified atom stereocenters. The highest BCUT2D eigenvalue weighted by atomic mass is 16.5. The van der Waals surface area contributed by atoms with Gasteiger partial charge in [0.1, 0.15) is 0 Å². The number of nitrogens with two attached hydrogens (primary N) is 1. The fourth-order valence-electron chi connectivity index (χ4n) is 1.91. The van der Waals surface area contributed by atoms with Crippen molar-refractivity contribution in [2.75, 3.05) is 19.8 Å².